The van der Waals surface area contributed by atoms with Crippen LogP contribution in [0.25, 0.3) is 0 Å². The van der Waals surface area contributed by atoms with Crippen molar-refractivity contribution in [2.45, 2.75) is 11.7 Å². The van der Waals surface area contributed by atoms with E-state index in [1.807, 2.05) is 0 Å². The van der Waals surface area contributed by atoms with Gasteiger partial charge in [0.1, 0.15) is 22.6 Å². The summed E-state index contributed by atoms with van der Waals surface area (Å²) < 4.78 is 52.8. The third-order valence-electron chi connectivity index (χ3n) is 4.20. The van der Waals surface area contributed by atoms with Crippen LogP contribution in [0, 0.1) is 0 Å². The van der Waals surface area contributed by atoms with Crippen molar-refractivity contribution in [3.05, 3.63) is 53.6 Å². The highest BCUT2D eigenvalue weighted by atomic mass is 32.2. The molecule has 1 aliphatic heterocycles. The molecular weight excluding hydrogens is 395 g/mol. The zero-order chi connectivity index (χ0) is 20.3. The molecule has 0 bridgehead atoms. The van der Waals surface area contributed by atoms with E-state index < -0.39 is 23.4 Å². The molecule has 2 aromatic carbocycles. The number of carbonyl (C=O) groups excluding carboxylic acids is 1. The molecule has 1 atom stereocenters. The smallest absolute Gasteiger partial charge is 0.497 e. The van der Waals surface area contributed by atoms with Crippen molar-refractivity contribution in [1.82, 2.24) is 4.90 Å². The highest BCUT2D eigenvalue weighted by molar-refractivity contribution is 7.99. The van der Waals surface area contributed by atoms with Crippen molar-refractivity contribution < 1.29 is 32.2 Å². The molecule has 3 rings (SSSR count). The number of halogens is 3. The van der Waals surface area contributed by atoms with Gasteiger partial charge in [0.2, 0.25) is 0 Å². The summed E-state index contributed by atoms with van der Waals surface area (Å²) in [7, 11) is 3.05. The Kier molecular flexibility index (Phi) is 5.93. The first-order valence-electron chi connectivity index (χ1n) is 8.33. The van der Waals surface area contributed by atoms with Crippen molar-refractivity contribution in [3.63, 3.8) is 0 Å². The lowest BCUT2D eigenvalue weighted by molar-refractivity contribution is -0.274. The summed E-state index contributed by atoms with van der Waals surface area (Å²) in [5.74, 6) is 0.737. The molecule has 0 radical (unpaired) electrons. The topological polar surface area (TPSA) is 48.0 Å². The van der Waals surface area contributed by atoms with Gasteiger partial charge >= 0.3 is 6.36 Å². The monoisotopic (exact) mass is 413 g/mol. The van der Waals surface area contributed by atoms with E-state index in [0.717, 1.165) is 6.07 Å². The van der Waals surface area contributed by atoms with Crippen molar-refractivity contribution in [2.24, 2.45) is 0 Å². The molecule has 2 aromatic rings. The number of hydrogen-bond donors (Lipinski definition) is 0. The second-order valence-electron chi connectivity index (χ2n) is 5.87. The van der Waals surface area contributed by atoms with Crippen LogP contribution in [0.1, 0.15) is 21.3 Å². The molecule has 0 N–H and O–H groups in total. The fourth-order valence-electron chi connectivity index (χ4n) is 2.98. The van der Waals surface area contributed by atoms with Gasteiger partial charge < -0.3 is 19.1 Å². The van der Waals surface area contributed by atoms with Gasteiger partial charge in [-0.3, -0.25) is 4.79 Å². The van der Waals surface area contributed by atoms with E-state index in [1.54, 1.807) is 18.2 Å². The molecule has 28 heavy (non-hydrogen) atoms. The van der Waals surface area contributed by atoms with Crippen molar-refractivity contribution in [2.75, 3.05) is 26.5 Å². The third-order valence-corrected chi connectivity index (χ3v) is 5.44. The van der Waals surface area contributed by atoms with Crippen LogP contribution in [0.5, 0.6) is 17.2 Å². The molecule has 1 amide bonds. The van der Waals surface area contributed by atoms with E-state index >= 15 is 0 Å². The maximum absolute atomic E-state index is 13.1. The van der Waals surface area contributed by atoms with Crippen LogP contribution < -0.4 is 14.2 Å². The normalized spacial score (nSPS) is 16.8. The van der Waals surface area contributed by atoms with Gasteiger partial charge in [0.15, 0.2) is 0 Å². The van der Waals surface area contributed by atoms with Crippen LogP contribution in [0.15, 0.2) is 42.5 Å². The summed E-state index contributed by atoms with van der Waals surface area (Å²) in [6.07, 6.45) is -4.88. The Morgan fingerprint density at radius 3 is 2.54 bits per heavy atom. The van der Waals surface area contributed by atoms with E-state index in [1.165, 1.54) is 49.1 Å². The number of ether oxygens (including phenoxy) is 3. The molecule has 9 heteroatoms. The summed E-state index contributed by atoms with van der Waals surface area (Å²) in [5.41, 5.74) is 0.570. The van der Waals surface area contributed by atoms with Crippen LogP contribution in [0.4, 0.5) is 13.2 Å². The Labute approximate surface area is 164 Å². The van der Waals surface area contributed by atoms with Crippen LogP contribution in [0.3, 0.4) is 0 Å². The molecule has 0 aromatic heterocycles. The van der Waals surface area contributed by atoms with Crippen LogP contribution in [0.2, 0.25) is 0 Å². The van der Waals surface area contributed by atoms with Crippen LogP contribution in [-0.2, 0) is 0 Å². The predicted octanol–water partition coefficient (Wildman–Crippen LogP) is 4.49. The average Bonchev–Trinajstić information content (AvgIpc) is 3.15. The number of benzene rings is 2. The Morgan fingerprint density at radius 1 is 1.11 bits per heavy atom. The number of para-hydroxylation sites is 1. The van der Waals surface area contributed by atoms with E-state index in [4.69, 9.17) is 9.47 Å². The molecule has 1 fully saturated rings. The Bertz CT molecular complexity index is 859. The number of methoxy groups -OCH3 is 2. The lowest BCUT2D eigenvalue weighted by Gasteiger charge is -2.26. The van der Waals surface area contributed by atoms with E-state index in [9.17, 15) is 18.0 Å². The molecule has 1 unspecified atom stereocenters. The molecule has 0 aliphatic carbocycles. The minimum Gasteiger partial charge on any atom is -0.497 e. The molecule has 1 heterocycles. The molecule has 150 valence electrons. The highest BCUT2D eigenvalue weighted by Crippen LogP contribution is 2.44. The van der Waals surface area contributed by atoms with Gasteiger partial charge in [-0.25, -0.2) is 0 Å². The zero-order valence-electron chi connectivity index (χ0n) is 15.2. The number of hydrogen-bond acceptors (Lipinski definition) is 5. The van der Waals surface area contributed by atoms with Gasteiger partial charge in [-0.1, -0.05) is 12.1 Å². The second kappa shape index (κ2) is 8.22. The quantitative estimate of drug-likeness (QED) is 0.723. The zero-order valence-corrected chi connectivity index (χ0v) is 16.0. The predicted molar refractivity (Wildman–Crippen MR) is 98.9 cm³/mol. The molecular formula is C19H18F3NO4S. The molecule has 0 saturated carbocycles. The minimum absolute atomic E-state index is 0.144. The highest BCUT2D eigenvalue weighted by Gasteiger charge is 2.37. The first-order chi connectivity index (χ1) is 13.3. The third kappa shape index (κ3) is 4.30. The Morgan fingerprint density at radius 2 is 1.86 bits per heavy atom. The number of amides is 1. The number of nitrogens with zero attached hydrogens (tertiary/aromatic N) is 1. The Hall–Kier alpha value is -2.55. The van der Waals surface area contributed by atoms with E-state index in [-0.39, 0.29) is 5.56 Å². The van der Waals surface area contributed by atoms with Crippen LogP contribution in [-0.4, -0.2) is 43.7 Å². The largest absolute Gasteiger partial charge is 0.573 e. The van der Waals surface area contributed by atoms with E-state index in [0.29, 0.717) is 29.4 Å². The van der Waals surface area contributed by atoms with Crippen molar-refractivity contribution in [3.8, 4) is 17.2 Å². The minimum atomic E-state index is -4.88. The fourth-order valence-corrected chi connectivity index (χ4v) is 4.25. The lowest BCUT2D eigenvalue weighted by Crippen LogP contribution is -2.31. The summed E-state index contributed by atoms with van der Waals surface area (Å²) in [6, 6.07) is 10.6. The maximum Gasteiger partial charge on any atom is 0.573 e. The fraction of sp³-hybridized carbons (Fsp3) is 0.316. The summed E-state index contributed by atoms with van der Waals surface area (Å²) in [6.45, 7) is 0.384. The van der Waals surface area contributed by atoms with Gasteiger partial charge in [-0.2, -0.15) is 0 Å². The maximum atomic E-state index is 13.1. The number of thioether (sulfide) groups is 1. The summed E-state index contributed by atoms with van der Waals surface area (Å²) >= 11 is 1.50. The number of carbonyl (C=O) groups is 1. The molecule has 5 nitrogen and oxygen atoms in total. The summed E-state index contributed by atoms with van der Waals surface area (Å²) in [5, 5.41) is -0.420. The van der Waals surface area contributed by atoms with Gasteiger partial charge in [0.05, 0.1) is 19.8 Å². The van der Waals surface area contributed by atoms with Crippen molar-refractivity contribution >= 4 is 17.7 Å². The first-order valence-corrected chi connectivity index (χ1v) is 9.38. The van der Waals surface area contributed by atoms with Crippen molar-refractivity contribution in [1.29, 1.82) is 0 Å². The number of alkyl halides is 3. The standard InChI is InChI=1S/C19H18F3NO4S/c1-25-12-7-8-15(26-2)14(11-12)18-23(9-10-28-18)17(24)13-5-3-4-6-16(13)27-19(20,21)22/h3-8,11,18H,9-10H2,1-2H3. The molecule has 0 spiro atoms. The van der Waals surface area contributed by atoms with Gasteiger partial charge in [-0.15, -0.1) is 24.9 Å². The van der Waals surface area contributed by atoms with Gasteiger partial charge in [0.25, 0.3) is 5.91 Å². The molecule has 1 aliphatic rings. The summed E-state index contributed by atoms with van der Waals surface area (Å²) in [4.78, 5) is 14.6. The SMILES string of the molecule is COc1ccc(OC)c(C2SCCN2C(=O)c2ccccc2OC(F)(F)F)c1. The van der Waals surface area contributed by atoms with Gasteiger partial charge in [0, 0.05) is 17.9 Å². The lowest BCUT2D eigenvalue weighted by atomic mass is 10.1. The van der Waals surface area contributed by atoms with Gasteiger partial charge in [-0.05, 0) is 30.3 Å². The number of rotatable bonds is 5. The van der Waals surface area contributed by atoms with E-state index in [2.05, 4.69) is 4.74 Å². The first kappa shape index (κ1) is 20.2. The Balaban J connectivity index is 1.95. The molecule has 1 saturated heterocycles. The van der Waals surface area contributed by atoms with Crippen LogP contribution >= 0.6 is 11.8 Å². The average molecular weight is 413 g/mol. The second-order valence-corrected chi connectivity index (χ2v) is 7.06.